The number of methoxy groups -OCH3 is 1. The van der Waals surface area contributed by atoms with Crippen LogP contribution < -0.4 is 4.74 Å². The Morgan fingerprint density at radius 3 is 1.74 bits per heavy atom. The smallest absolute Gasteiger partial charge is 0.150 e. The minimum atomic E-state index is -0.303. The number of fused-ring (bicyclic) bond motifs is 1. The monoisotopic (exact) mass is 572 g/mol. The third kappa shape index (κ3) is 6.97. The fourth-order valence-corrected chi connectivity index (χ4v) is 4.19. The molecule has 0 spiro atoms. The van der Waals surface area contributed by atoms with Gasteiger partial charge in [0, 0.05) is 24.1 Å². The largest absolute Gasteiger partial charge is 0.505 e. The predicted octanol–water partition coefficient (Wildman–Crippen LogP) is 10.3. The standard InChI is InChI=1S/C32H28N8O3/c1-20-4-14-27-21(16-20)5-15-28(32(27)42)38-40-30-17-22(19-41)29(18-31(30)43-3)39-37-26-12-10-25(11-13-26)36-35-24-8-6-23(7-9-24)34-33-2/h4-18,41-42H,19H2,1-3H3. The van der Waals surface area contributed by atoms with E-state index in [1.165, 1.54) is 7.11 Å². The summed E-state index contributed by atoms with van der Waals surface area (Å²) < 4.78 is 5.51. The number of phenols is 1. The molecule has 0 atom stereocenters. The fraction of sp³-hybridized carbons (Fsp3) is 0.125. The van der Waals surface area contributed by atoms with Crippen LogP contribution in [0, 0.1) is 6.92 Å². The number of benzene rings is 5. The van der Waals surface area contributed by atoms with Crippen LogP contribution in [-0.4, -0.2) is 24.4 Å². The van der Waals surface area contributed by atoms with Gasteiger partial charge in [0.25, 0.3) is 0 Å². The van der Waals surface area contributed by atoms with Crippen LogP contribution in [0.25, 0.3) is 10.8 Å². The van der Waals surface area contributed by atoms with Gasteiger partial charge >= 0.3 is 0 Å². The SMILES string of the molecule is CN=Nc1ccc(N=Nc2ccc(N=Nc3cc(OC)c(N=Nc4ccc5cc(C)ccc5c4O)cc3CO)cc2)cc1. The normalized spacial score (nSPS) is 12.0. The second kappa shape index (κ2) is 13.3. The number of rotatable bonds is 9. The Balaban J connectivity index is 1.32. The van der Waals surface area contributed by atoms with Crippen LogP contribution in [0.5, 0.6) is 11.5 Å². The molecule has 0 aliphatic rings. The zero-order chi connectivity index (χ0) is 30.2. The number of aliphatic hydroxyl groups excluding tert-OH is 1. The van der Waals surface area contributed by atoms with E-state index in [9.17, 15) is 10.2 Å². The zero-order valence-corrected chi connectivity index (χ0v) is 23.7. The van der Waals surface area contributed by atoms with Crippen molar-refractivity contribution < 1.29 is 14.9 Å². The molecule has 5 aromatic carbocycles. The first kappa shape index (κ1) is 28.8. The molecule has 0 saturated heterocycles. The maximum Gasteiger partial charge on any atom is 0.150 e. The second-order valence-electron chi connectivity index (χ2n) is 9.40. The topological polar surface area (TPSA) is 149 Å². The Kier molecular flexibility index (Phi) is 8.93. The summed E-state index contributed by atoms with van der Waals surface area (Å²) >= 11 is 0. The zero-order valence-electron chi connectivity index (χ0n) is 23.7. The van der Waals surface area contributed by atoms with Crippen molar-refractivity contribution in [2.75, 3.05) is 14.2 Å². The van der Waals surface area contributed by atoms with Crippen LogP contribution in [0.3, 0.4) is 0 Å². The average molecular weight is 573 g/mol. The quantitative estimate of drug-likeness (QED) is 0.169. The number of hydrogen-bond acceptors (Lipinski definition) is 11. The number of aryl methyl sites for hydroxylation is 1. The van der Waals surface area contributed by atoms with Crippen molar-refractivity contribution in [2.24, 2.45) is 40.9 Å². The highest BCUT2D eigenvalue weighted by Crippen LogP contribution is 2.40. The molecule has 0 aromatic heterocycles. The molecule has 11 heteroatoms. The highest BCUT2D eigenvalue weighted by atomic mass is 16.5. The lowest BCUT2D eigenvalue weighted by molar-refractivity contribution is 0.282. The predicted molar refractivity (Wildman–Crippen MR) is 165 cm³/mol. The number of azo groups is 4. The van der Waals surface area contributed by atoms with E-state index in [-0.39, 0.29) is 12.4 Å². The molecule has 0 fully saturated rings. The van der Waals surface area contributed by atoms with Crippen molar-refractivity contribution in [3.8, 4) is 11.5 Å². The molecule has 5 aromatic rings. The summed E-state index contributed by atoms with van der Waals surface area (Å²) in [6.07, 6.45) is 0. The summed E-state index contributed by atoms with van der Waals surface area (Å²) in [4.78, 5) is 0. The van der Waals surface area contributed by atoms with Crippen LogP contribution in [0.15, 0.2) is 132 Å². The lowest BCUT2D eigenvalue weighted by atomic mass is 10.1. The van der Waals surface area contributed by atoms with Gasteiger partial charge in [-0.25, -0.2) is 0 Å². The van der Waals surface area contributed by atoms with Crippen LogP contribution in [0.4, 0.5) is 39.8 Å². The van der Waals surface area contributed by atoms with Crippen LogP contribution >= 0.6 is 0 Å². The van der Waals surface area contributed by atoms with Crippen molar-refractivity contribution in [3.05, 3.63) is 102 Å². The molecule has 214 valence electrons. The van der Waals surface area contributed by atoms with Gasteiger partial charge in [0.2, 0.25) is 0 Å². The lowest BCUT2D eigenvalue weighted by Crippen LogP contribution is -1.89. The van der Waals surface area contributed by atoms with Gasteiger partial charge < -0.3 is 14.9 Å². The number of nitrogens with zero attached hydrogens (tertiary/aromatic N) is 8. The van der Waals surface area contributed by atoms with E-state index >= 15 is 0 Å². The Bertz CT molecular complexity index is 1870. The highest BCUT2D eigenvalue weighted by molar-refractivity contribution is 5.92. The van der Waals surface area contributed by atoms with Gasteiger partial charge in [-0.1, -0.05) is 29.8 Å². The van der Waals surface area contributed by atoms with E-state index in [0.29, 0.717) is 50.8 Å². The molecule has 0 radical (unpaired) electrons. The third-order valence-electron chi connectivity index (χ3n) is 6.41. The number of aromatic hydroxyl groups is 1. The van der Waals surface area contributed by atoms with Gasteiger partial charge in [0.05, 0.1) is 42.2 Å². The summed E-state index contributed by atoms with van der Waals surface area (Å²) in [5, 5.41) is 55.7. The minimum absolute atomic E-state index is 0.0366. The number of aliphatic hydroxyl groups is 1. The summed E-state index contributed by atoms with van der Waals surface area (Å²) in [5.74, 6) is 0.418. The number of hydrogen-bond donors (Lipinski definition) is 2. The fourth-order valence-electron chi connectivity index (χ4n) is 4.19. The van der Waals surface area contributed by atoms with Gasteiger partial charge in [-0.15, -0.1) is 10.2 Å². The molecule has 0 aliphatic carbocycles. The van der Waals surface area contributed by atoms with Crippen molar-refractivity contribution in [3.63, 3.8) is 0 Å². The second-order valence-corrected chi connectivity index (χ2v) is 9.40. The summed E-state index contributed by atoms with van der Waals surface area (Å²) in [7, 11) is 3.12. The first-order valence-electron chi connectivity index (χ1n) is 13.3. The van der Waals surface area contributed by atoms with Crippen LogP contribution in [0.2, 0.25) is 0 Å². The molecular formula is C32H28N8O3. The molecule has 0 amide bonds. The molecule has 5 rings (SSSR count). The molecule has 0 aliphatic heterocycles. The van der Waals surface area contributed by atoms with Crippen LogP contribution in [0.1, 0.15) is 11.1 Å². The first-order valence-corrected chi connectivity index (χ1v) is 13.3. The number of phenolic OH excluding ortho intramolecular Hbond substituents is 1. The Hall–Kier alpha value is -5.68. The van der Waals surface area contributed by atoms with Crippen molar-refractivity contribution in [1.82, 2.24) is 0 Å². The van der Waals surface area contributed by atoms with Crippen LogP contribution in [-0.2, 0) is 6.61 Å². The van der Waals surface area contributed by atoms with E-state index in [2.05, 4.69) is 40.9 Å². The summed E-state index contributed by atoms with van der Waals surface area (Å²) in [6, 6.07) is 26.9. The summed E-state index contributed by atoms with van der Waals surface area (Å²) in [6.45, 7) is 1.69. The molecule has 0 heterocycles. The van der Waals surface area contributed by atoms with Gasteiger partial charge in [-0.2, -0.15) is 30.7 Å². The van der Waals surface area contributed by atoms with Gasteiger partial charge in [0.1, 0.15) is 17.1 Å². The maximum absolute atomic E-state index is 10.7. The molecule has 2 N–H and O–H groups in total. The van der Waals surface area contributed by atoms with E-state index in [4.69, 9.17) is 4.74 Å². The highest BCUT2D eigenvalue weighted by Gasteiger charge is 2.12. The first-order chi connectivity index (χ1) is 21.0. The molecular weight excluding hydrogens is 544 g/mol. The van der Waals surface area contributed by atoms with E-state index in [1.54, 1.807) is 49.5 Å². The van der Waals surface area contributed by atoms with Gasteiger partial charge in [0.15, 0.2) is 5.75 Å². The van der Waals surface area contributed by atoms with Gasteiger partial charge in [-0.05, 0) is 73.0 Å². The maximum atomic E-state index is 10.7. The Morgan fingerprint density at radius 2 is 1.16 bits per heavy atom. The van der Waals surface area contributed by atoms with E-state index in [1.807, 2.05) is 55.5 Å². The molecule has 11 nitrogen and oxygen atoms in total. The molecule has 43 heavy (non-hydrogen) atoms. The van der Waals surface area contributed by atoms with E-state index in [0.717, 1.165) is 16.6 Å². The molecule has 0 unspecified atom stereocenters. The average Bonchev–Trinajstić information content (AvgIpc) is 3.03. The summed E-state index contributed by atoms with van der Waals surface area (Å²) in [5.41, 5.74) is 5.34. The lowest BCUT2D eigenvalue weighted by Gasteiger charge is -2.09. The van der Waals surface area contributed by atoms with E-state index < -0.39 is 0 Å². The minimum Gasteiger partial charge on any atom is -0.505 e. The van der Waals surface area contributed by atoms with Gasteiger partial charge in [-0.3, -0.25) is 0 Å². The van der Waals surface area contributed by atoms with Crippen molar-refractivity contribution in [1.29, 1.82) is 0 Å². The Labute approximate surface area is 247 Å². The molecule has 0 bridgehead atoms. The number of ether oxygens (including phenoxy) is 1. The Morgan fingerprint density at radius 1 is 0.605 bits per heavy atom. The molecule has 0 saturated carbocycles. The van der Waals surface area contributed by atoms with Crippen molar-refractivity contribution in [2.45, 2.75) is 13.5 Å². The third-order valence-corrected chi connectivity index (χ3v) is 6.41. The van der Waals surface area contributed by atoms with Crippen molar-refractivity contribution >= 4 is 50.6 Å².